The van der Waals surface area contributed by atoms with Gasteiger partial charge in [-0.3, -0.25) is 9.47 Å². The van der Waals surface area contributed by atoms with Gasteiger partial charge in [-0.1, -0.05) is 66.2 Å². The highest BCUT2D eigenvalue weighted by Gasteiger charge is 2.29. The van der Waals surface area contributed by atoms with E-state index in [0.717, 1.165) is 59.5 Å². The normalized spacial score (nSPS) is 15.4. The van der Waals surface area contributed by atoms with Crippen molar-refractivity contribution < 1.29 is 5.11 Å². The molecule has 10 heteroatoms. The molecule has 2 unspecified atom stereocenters. The molecule has 1 fully saturated rings. The lowest BCUT2D eigenvalue weighted by Gasteiger charge is -2.41. The van der Waals surface area contributed by atoms with Crippen LogP contribution in [-0.4, -0.2) is 68.0 Å². The molecule has 2 N–H and O–H groups in total. The van der Waals surface area contributed by atoms with Crippen LogP contribution in [0.25, 0.3) is 28.2 Å². The number of halogens is 2. The van der Waals surface area contributed by atoms with Gasteiger partial charge in [0.1, 0.15) is 18.3 Å². The van der Waals surface area contributed by atoms with Crippen molar-refractivity contribution in [3.8, 4) is 17.1 Å². The third kappa shape index (κ3) is 5.74. The smallest absolute Gasteiger partial charge is 0.170 e. The molecule has 8 nitrogen and oxygen atoms in total. The summed E-state index contributed by atoms with van der Waals surface area (Å²) in [6, 6.07) is 26.2. The lowest BCUT2D eigenvalue weighted by atomic mass is 10.1. The van der Waals surface area contributed by atoms with E-state index < -0.39 is 6.10 Å². The van der Waals surface area contributed by atoms with Crippen LogP contribution in [-0.2, 0) is 0 Å². The largest absolute Gasteiger partial charge is 0.390 e. The van der Waals surface area contributed by atoms with Gasteiger partial charge < -0.3 is 15.3 Å². The molecule has 41 heavy (non-hydrogen) atoms. The van der Waals surface area contributed by atoms with E-state index in [1.807, 2.05) is 79.7 Å². The minimum atomic E-state index is -0.644. The van der Waals surface area contributed by atoms with Gasteiger partial charge in [-0.25, -0.2) is 15.0 Å². The number of hydrogen-bond donors (Lipinski definition) is 2. The van der Waals surface area contributed by atoms with Crippen LogP contribution in [0.3, 0.4) is 0 Å². The first-order chi connectivity index (χ1) is 19.5. The Morgan fingerprint density at radius 1 is 0.878 bits per heavy atom. The van der Waals surface area contributed by atoms with Crippen molar-refractivity contribution in [1.29, 1.82) is 0 Å². The predicted octanol–water partition coefficient (Wildman–Crippen LogP) is 5.81. The number of aromatic nitrogens is 4. The number of imidazole rings is 1. The molecule has 0 radical (unpaired) electrons. The Kier molecular flexibility index (Phi) is 8.75. The molecule has 0 aliphatic carbocycles. The molecule has 0 amide bonds. The van der Waals surface area contributed by atoms with Crippen molar-refractivity contribution in [2.45, 2.75) is 26.1 Å². The molecule has 5 aromatic rings. The van der Waals surface area contributed by atoms with E-state index in [1.165, 1.54) is 0 Å². The van der Waals surface area contributed by atoms with Gasteiger partial charge in [0, 0.05) is 48.1 Å². The molecule has 2 atom stereocenters. The average Bonchev–Trinajstić information content (AvgIpc) is 3.39. The van der Waals surface area contributed by atoms with Crippen LogP contribution in [0.5, 0.6) is 0 Å². The third-order valence-corrected chi connectivity index (χ3v) is 7.93. The molecule has 3 aromatic carbocycles. The number of anilines is 2. The van der Waals surface area contributed by atoms with E-state index in [9.17, 15) is 5.11 Å². The number of piperazine rings is 1. The molecule has 0 bridgehead atoms. The summed E-state index contributed by atoms with van der Waals surface area (Å²) in [6.45, 7) is 7.06. The maximum atomic E-state index is 10.9. The number of nitrogens with one attached hydrogen (secondary N) is 1. The Hall–Kier alpha value is -3.69. The van der Waals surface area contributed by atoms with Crippen molar-refractivity contribution in [2.24, 2.45) is 0 Å². The quantitative estimate of drug-likeness (QED) is 0.248. The summed E-state index contributed by atoms with van der Waals surface area (Å²) in [4.78, 5) is 18.9. The summed E-state index contributed by atoms with van der Waals surface area (Å²) >= 11 is 6.38. The molecule has 1 aliphatic rings. The number of para-hydroxylation sites is 1. The Labute approximate surface area is 251 Å². The summed E-state index contributed by atoms with van der Waals surface area (Å²) in [7, 11) is 0. The fraction of sp³-hybridized carbons (Fsp3) is 0.258. The maximum absolute atomic E-state index is 10.9. The Bertz CT molecular complexity index is 1600. The summed E-state index contributed by atoms with van der Waals surface area (Å²) < 4.78 is 2.06. The van der Waals surface area contributed by atoms with Crippen LogP contribution in [0.1, 0.15) is 12.5 Å². The van der Waals surface area contributed by atoms with Gasteiger partial charge in [0.25, 0.3) is 0 Å². The van der Waals surface area contributed by atoms with E-state index in [0.29, 0.717) is 17.0 Å². The lowest BCUT2D eigenvalue weighted by Crippen LogP contribution is -2.56. The lowest BCUT2D eigenvalue weighted by molar-refractivity contribution is 0.0720. The topological polar surface area (TPSA) is 82.3 Å². The standard InChI is InChI=1S/C31H32ClN7O.ClH/c1-21-25(32)14-9-15-26(21)37-16-18-38(19-17-37)29(22(2)40)36-28-27-31(34-20-33-28)39(24-12-7-4-8-13-24)30(35-27)23-10-5-3-6-11-23;/h3-15,20,22,29,40H,16-19H2,1-2H3,(H,33,34,36);1H. The van der Waals surface area contributed by atoms with E-state index in [1.54, 1.807) is 6.33 Å². The van der Waals surface area contributed by atoms with Crippen LogP contribution in [0.2, 0.25) is 5.02 Å². The first kappa shape index (κ1) is 28.8. The minimum absolute atomic E-state index is 0. The Morgan fingerprint density at radius 3 is 2.24 bits per heavy atom. The van der Waals surface area contributed by atoms with Gasteiger partial charge >= 0.3 is 0 Å². The molecule has 2 aromatic heterocycles. The van der Waals surface area contributed by atoms with E-state index in [4.69, 9.17) is 16.6 Å². The molecular weight excluding hydrogens is 557 g/mol. The van der Waals surface area contributed by atoms with Gasteiger partial charge in [0.2, 0.25) is 0 Å². The zero-order valence-corrected chi connectivity index (χ0v) is 24.6. The number of rotatable bonds is 7. The molecule has 1 saturated heterocycles. The molecule has 1 aliphatic heterocycles. The first-order valence-electron chi connectivity index (χ1n) is 13.5. The van der Waals surface area contributed by atoms with Crippen molar-refractivity contribution in [2.75, 3.05) is 36.4 Å². The SMILES string of the molecule is Cc1c(Cl)cccc1N1CCN(C(Nc2ncnc3c2nc(-c2ccccc2)n3-c2ccccc2)C(C)O)CC1.Cl. The molecular formula is C31H33Cl2N7O. The zero-order chi connectivity index (χ0) is 27.6. The highest BCUT2D eigenvalue weighted by atomic mass is 35.5. The number of benzene rings is 3. The summed E-state index contributed by atoms with van der Waals surface area (Å²) in [5.41, 5.74) is 5.56. The van der Waals surface area contributed by atoms with Gasteiger partial charge in [0.15, 0.2) is 17.0 Å². The fourth-order valence-corrected chi connectivity index (χ4v) is 5.61. The van der Waals surface area contributed by atoms with Crippen LogP contribution < -0.4 is 10.2 Å². The van der Waals surface area contributed by atoms with Crippen molar-refractivity contribution in [3.63, 3.8) is 0 Å². The summed E-state index contributed by atoms with van der Waals surface area (Å²) in [5.74, 6) is 1.38. The fourth-order valence-electron chi connectivity index (χ4n) is 5.44. The molecule has 3 heterocycles. The third-order valence-electron chi connectivity index (χ3n) is 7.52. The van der Waals surface area contributed by atoms with Crippen LogP contribution in [0.15, 0.2) is 85.2 Å². The Balaban J connectivity index is 0.00000337. The Morgan fingerprint density at radius 2 is 1.56 bits per heavy atom. The van der Waals surface area contributed by atoms with Crippen molar-refractivity contribution >= 4 is 46.7 Å². The molecule has 0 saturated carbocycles. The molecule has 212 valence electrons. The molecule has 6 rings (SSSR count). The highest BCUT2D eigenvalue weighted by molar-refractivity contribution is 6.31. The second-order valence-electron chi connectivity index (χ2n) is 10.1. The first-order valence-corrected chi connectivity index (χ1v) is 13.9. The monoisotopic (exact) mass is 589 g/mol. The van der Waals surface area contributed by atoms with Gasteiger partial charge in [-0.2, -0.15) is 0 Å². The number of hydrogen-bond acceptors (Lipinski definition) is 7. The average molecular weight is 591 g/mol. The summed E-state index contributed by atoms with van der Waals surface area (Å²) in [5, 5.41) is 15.2. The second kappa shape index (κ2) is 12.4. The van der Waals surface area contributed by atoms with Crippen LogP contribution >= 0.6 is 24.0 Å². The van der Waals surface area contributed by atoms with E-state index in [2.05, 4.69) is 42.6 Å². The van der Waals surface area contributed by atoms with Crippen LogP contribution in [0.4, 0.5) is 11.5 Å². The number of aliphatic hydroxyl groups is 1. The predicted molar refractivity (Wildman–Crippen MR) is 168 cm³/mol. The molecule has 0 spiro atoms. The highest BCUT2D eigenvalue weighted by Crippen LogP contribution is 2.31. The van der Waals surface area contributed by atoms with Crippen molar-refractivity contribution in [3.05, 3.63) is 95.8 Å². The van der Waals surface area contributed by atoms with Gasteiger partial charge in [0.05, 0.1) is 6.10 Å². The van der Waals surface area contributed by atoms with E-state index in [-0.39, 0.29) is 18.6 Å². The van der Waals surface area contributed by atoms with E-state index >= 15 is 0 Å². The number of nitrogens with zero attached hydrogens (tertiary/aromatic N) is 6. The number of aliphatic hydroxyl groups excluding tert-OH is 1. The van der Waals surface area contributed by atoms with Crippen LogP contribution in [0, 0.1) is 6.92 Å². The zero-order valence-electron chi connectivity index (χ0n) is 23.0. The summed E-state index contributed by atoms with van der Waals surface area (Å²) in [6.07, 6.45) is 0.566. The number of fused-ring (bicyclic) bond motifs is 1. The van der Waals surface area contributed by atoms with Gasteiger partial charge in [-0.05, 0) is 43.7 Å². The second-order valence-corrected chi connectivity index (χ2v) is 10.5. The van der Waals surface area contributed by atoms with Gasteiger partial charge in [-0.15, -0.1) is 12.4 Å². The maximum Gasteiger partial charge on any atom is 0.170 e. The van der Waals surface area contributed by atoms with Crippen molar-refractivity contribution in [1.82, 2.24) is 24.4 Å². The minimum Gasteiger partial charge on any atom is -0.390 e.